The van der Waals surface area contributed by atoms with Crippen LogP contribution in [0.4, 0.5) is 0 Å². The molecule has 2 aromatic rings. The van der Waals surface area contributed by atoms with E-state index in [1.807, 2.05) is 0 Å². The monoisotopic (exact) mass is 197 g/mol. The highest BCUT2D eigenvalue weighted by Crippen LogP contribution is 2.19. The molecule has 0 saturated heterocycles. The lowest BCUT2D eigenvalue weighted by atomic mass is 10.2. The molecular weight excluding hydrogens is 182 g/mol. The lowest BCUT2D eigenvalue weighted by Gasteiger charge is -2.05. The molecule has 0 aliphatic heterocycles. The van der Waals surface area contributed by atoms with E-state index >= 15 is 0 Å². The van der Waals surface area contributed by atoms with Crippen LogP contribution in [0.2, 0.25) is 0 Å². The molecule has 0 unspecified atom stereocenters. The van der Waals surface area contributed by atoms with Gasteiger partial charge >= 0.3 is 0 Å². The molecule has 0 aliphatic rings. The second-order valence-corrected chi connectivity index (χ2v) is 3.83. The Hall–Kier alpha value is -1.68. The van der Waals surface area contributed by atoms with Crippen molar-refractivity contribution >= 4 is 10.9 Å². The van der Waals surface area contributed by atoms with Crippen LogP contribution in [-0.2, 0) is 6.54 Å². The molecule has 0 aliphatic carbocycles. The number of nitrogens with zero attached hydrogens (tertiary/aromatic N) is 1. The van der Waals surface area contributed by atoms with Gasteiger partial charge in [0, 0.05) is 19.2 Å². The van der Waals surface area contributed by atoms with E-state index in [0.717, 1.165) is 19.4 Å². The summed E-state index contributed by atoms with van der Waals surface area (Å²) in [6.07, 6.45) is 9.30. The maximum Gasteiger partial charge on any atom is 0.0509 e. The summed E-state index contributed by atoms with van der Waals surface area (Å²) in [6.45, 7) is 3.17. The SMILES string of the molecule is C#CCCCn1ccc2cccc(C)c21. The molecule has 0 saturated carbocycles. The number of benzene rings is 1. The van der Waals surface area contributed by atoms with E-state index in [4.69, 9.17) is 6.42 Å². The summed E-state index contributed by atoms with van der Waals surface area (Å²) in [7, 11) is 0. The number of aromatic nitrogens is 1. The molecule has 0 fully saturated rings. The number of rotatable bonds is 3. The molecule has 0 N–H and O–H groups in total. The van der Waals surface area contributed by atoms with Gasteiger partial charge in [-0.15, -0.1) is 12.3 Å². The van der Waals surface area contributed by atoms with Crippen LogP contribution in [0.3, 0.4) is 0 Å². The van der Waals surface area contributed by atoms with Crippen molar-refractivity contribution in [1.29, 1.82) is 0 Å². The first kappa shape index (κ1) is 9.86. The molecule has 1 heterocycles. The van der Waals surface area contributed by atoms with E-state index in [9.17, 15) is 0 Å². The first-order chi connectivity index (χ1) is 7.33. The summed E-state index contributed by atoms with van der Waals surface area (Å²) in [4.78, 5) is 0. The van der Waals surface area contributed by atoms with E-state index in [0.29, 0.717) is 0 Å². The van der Waals surface area contributed by atoms with Gasteiger partial charge in [0.15, 0.2) is 0 Å². The largest absolute Gasteiger partial charge is 0.347 e. The minimum atomic E-state index is 0.853. The Balaban J connectivity index is 2.32. The molecule has 1 aromatic heterocycles. The number of para-hydroxylation sites is 1. The van der Waals surface area contributed by atoms with Crippen molar-refractivity contribution < 1.29 is 0 Å². The zero-order chi connectivity index (χ0) is 10.7. The molecule has 0 atom stereocenters. The second kappa shape index (κ2) is 4.23. The van der Waals surface area contributed by atoms with Crippen LogP contribution in [-0.4, -0.2) is 4.57 Å². The van der Waals surface area contributed by atoms with Crippen molar-refractivity contribution in [1.82, 2.24) is 4.57 Å². The third-order valence-corrected chi connectivity index (χ3v) is 2.71. The smallest absolute Gasteiger partial charge is 0.0509 e. The quantitative estimate of drug-likeness (QED) is 0.525. The highest BCUT2D eigenvalue weighted by Gasteiger charge is 2.02. The van der Waals surface area contributed by atoms with Crippen molar-refractivity contribution in [2.45, 2.75) is 26.3 Å². The van der Waals surface area contributed by atoms with Gasteiger partial charge in [0.2, 0.25) is 0 Å². The summed E-state index contributed by atoms with van der Waals surface area (Å²) in [5.41, 5.74) is 2.67. The zero-order valence-corrected chi connectivity index (χ0v) is 9.03. The third-order valence-electron chi connectivity index (χ3n) is 2.71. The fourth-order valence-corrected chi connectivity index (χ4v) is 1.99. The van der Waals surface area contributed by atoms with Gasteiger partial charge in [0.25, 0.3) is 0 Å². The molecule has 0 amide bonds. The Morgan fingerprint density at radius 2 is 2.20 bits per heavy atom. The van der Waals surface area contributed by atoms with Gasteiger partial charge in [-0.2, -0.15) is 0 Å². The number of aryl methyl sites for hydroxylation is 2. The predicted octanol–water partition coefficient (Wildman–Crippen LogP) is 3.36. The zero-order valence-electron chi connectivity index (χ0n) is 9.03. The van der Waals surface area contributed by atoms with E-state index < -0.39 is 0 Å². The minimum absolute atomic E-state index is 0.853. The fraction of sp³-hybridized carbons (Fsp3) is 0.286. The van der Waals surface area contributed by atoms with Crippen LogP contribution in [0.5, 0.6) is 0 Å². The van der Waals surface area contributed by atoms with Crippen LogP contribution in [0, 0.1) is 19.3 Å². The third kappa shape index (κ3) is 1.89. The maximum absolute atomic E-state index is 5.25. The lowest BCUT2D eigenvalue weighted by Crippen LogP contribution is -1.96. The molecule has 2 rings (SSSR count). The lowest BCUT2D eigenvalue weighted by molar-refractivity contribution is 0.676. The Kier molecular flexibility index (Phi) is 2.78. The predicted molar refractivity (Wildman–Crippen MR) is 64.7 cm³/mol. The normalized spacial score (nSPS) is 10.4. The van der Waals surface area contributed by atoms with Gasteiger partial charge in [-0.1, -0.05) is 18.2 Å². The first-order valence-electron chi connectivity index (χ1n) is 5.31. The number of terminal acetylenes is 1. The molecule has 1 nitrogen and oxygen atoms in total. The average molecular weight is 197 g/mol. The van der Waals surface area contributed by atoms with Crippen LogP contribution in [0.1, 0.15) is 18.4 Å². The Labute approximate surface area is 90.7 Å². The van der Waals surface area contributed by atoms with Crippen molar-refractivity contribution in [2.75, 3.05) is 0 Å². The van der Waals surface area contributed by atoms with Crippen LogP contribution < -0.4 is 0 Å². The highest BCUT2D eigenvalue weighted by atomic mass is 14.9. The van der Waals surface area contributed by atoms with Crippen LogP contribution in [0.25, 0.3) is 10.9 Å². The number of unbranched alkanes of at least 4 members (excludes halogenated alkanes) is 1. The van der Waals surface area contributed by atoms with Gasteiger partial charge in [-0.25, -0.2) is 0 Å². The number of fused-ring (bicyclic) bond motifs is 1. The van der Waals surface area contributed by atoms with E-state index in [1.165, 1.54) is 16.5 Å². The van der Waals surface area contributed by atoms with Crippen molar-refractivity contribution in [3.8, 4) is 12.3 Å². The summed E-state index contributed by atoms with van der Waals surface area (Å²) >= 11 is 0. The Morgan fingerprint density at radius 1 is 1.33 bits per heavy atom. The Morgan fingerprint density at radius 3 is 3.00 bits per heavy atom. The molecule has 15 heavy (non-hydrogen) atoms. The summed E-state index contributed by atoms with van der Waals surface area (Å²) < 4.78 is 2.29. The van der Waals surface area contributed by atoms with Crippen LogP contribution >= 0.6 is 0 Å². The van der Waals surface area contributed by atoms with Gasteiger partial charge in [0.05, 0.1) is 5.52 Å². The minimum Gasteiger partial charge on any atom is -0.347 e. The summed E-state index contributed by atoms with van der Waals surface area (Å²) in [5.74, 6) is 2.68. The molecule has 1 aromatic carbocycles. The average Bonchev–Trinajstić information content (AvgIpc) is 2.63. The summed E-state index contributed by atoms with van der Waals surface area (Å²) in [5, 5.41) is 1.32. The molecule has 1 heteroatoms. The molecular formula is C14H15N. The summed E-state index contributed by atoms with van der Waals surface area (Å²) in [6, 6.07) is 8.57. The first-order valence-corrected chi connectivity index (χ1v) is 5.31. The van der Waals surface area contributed by atoms with Crippen molar-refractivity contribution in [3.63, 3.8) is 0 Å². The van der Waals surface area contributed by atoms with Gasteiger partial charge < -0.3 is 4.57 Å². The molecule has 0 spiro atoms. The molecule has 76 valence electrons. The topological polar surface area (TPSA) is 4.93 Å². The molecule has 0 radical (unpaired) electrons. The standard InChI is InChI=1S/C14H15N/c1-3-4-5-10-15-11-9-13-8-6-7-12(2)14(13)15/h1,6-9,11H,4-5,10H2,2H3. The molecule has 0 bridgehead atoms. The van der Waals surface area contributed by atoms with Gasteiger partial charge in [-0.3, -0.25) is 0 Å². The van der Waals surface area contributed by atoms with E-state index in [1.54, 1.807) is 0 Å². The second-order valence-electron chi connectivity index (χ2n) is 3.83. The van der Waals surface area contributed by atoms with E-state index in [2.05, 4.69) is 47.9 Å². The van der Waals surface area contributed by atoms with Gasteiger partial charge in [-0.05, 0) is 30.4 Å². The van der Waals surface area contributed by atoms with Gasteiger partial charge in [0.1, 0.15) is 0 Å². The highest BCUT2D eigenvalue weighted by molar-refractivity contribution is 5.83. The van der Waals surface area contributed by atoms with Crippen molar-refractivity contribution in [3.05, 3.63) is 36.0 Å². The van der Waals surface area contributed by atoms with Crippen molar-refractivity contribution in [2.24, 2.45) is 0 Å². The fourth-order valence-electron chi connectivity index (χ4n) is 1.99. The van der Waals surface area contributed by atoms with Crippen LogP contribution in [0.15, 0.2) is 30.5 Å². The Bertz CT molecular complexity index is 500. The number of hydrogen-bond acceptors (Lipinski definition) is 0. The maximum atomic E-state index is 5.25. The van der Waals surface area contributed by atoms with E-state index in [-0.39, 0.29) is 0 Å². The number of hydrogen-bond donors (Lipinski definition) is 0.